The molecule has 0 bridgehead atoms. The van der Waals surface area contributed by atoms with Gasteiger partial charge in [-0.2, -0.15) is 0 Å². The molecule has 0 aliphatic heterocycles. The fourth-order valence-corrected chi connectivity index (χ4v) is 0.941. The second-order valence-electron chi connectivity index (χ2n) is 2.78. The number of nitrogens with two attached hydrogens (primary N) is 3. The summed E-state index contributed by atoms with van der Waals surface area (Å²) in [5.41, 5.74) is 16.2. The summed E-state index contributed by atoms with van der Waals surface area (Å²) in [5, 5.41) is 0. The lowest BCUT2D eigenvalue weighted by molar-refractivity contribution is 0.340. The number of hydrogen-bond acceptors (Lipinski definition) is 3. The van der Waals surface area contributed by atoms with Crippen LogP contribution < -0.4 is 17.2 Å². The zero-order chi connectivity index (χ0) is 8.04. The Labute approximate surface area is 62.9 Å². The molecule has 0 amide bonds. The van der Waals surface area contributed by atoms with Crippen molar-refractivity contribution in [1.82, 2.24) is 0 Å². The molecule has 0 saturated heterocycles. The van der Waals surface area contributed by atoms with E-state index in [0.717, 1.165) is 12.8 Å². The molecule has 6 N–H and O–H groups in total. The van der Waals surface area contributed by atoms with Crippen LogP contribution in [0.3, 0.4) is 0 Å². The molecular weight excluding hydrogens is 126 g/mol. The minimum atomic E-state index is -0.0799. The zero-order valence-corrected chi connectivity index (χ0v) is 6.47. The molecule has 0 aliphatic carbocycles. The van der Waals surface area contributed by atoms with Gasteiger partial charge in [0.25, 0.3) is 0 Å². The van der Waals surface area contributed by atoms with Crippen molar-refractivity contribution < 1.29 is 0 Å². The van der Waals surface area contributed by atoms with Gasteiger partial charge in [0.2, 0.25) is 0 Å². The van der Waals surface area contributed by atoms with Gasteiger partial charge in [-0.15, -0.1) is 0 Å². The smallest absolute Gasteiger partial charge is 0.00196 e. The quantitative estimate of drug-likeness (QED) is 0.485. The van der Waals surface area contributed by atoms with E-state index < -0.39 is 0 Å². The van der Waals surface area contributed by atoms with Crippen LogP contribution >= 0.6 is 0 Å². The van der Waals surface area contributed by atoms with Crippen molar-refractivity contribution in [2.75, 3.05) is 19.6 Å². The van der Waals surface area contributed by atoms with E-state index in [1.54, 1.807) is 0 Å². The fourth-order valence-electron chi connectivity index (χ4n) is 0.941. The summed E-state index contributed by atoms with van der Waals surface area (Å²) in [4.78, 5) is 0. The van der Waals surface area contributed by atoms with Gasteiger partial charge in [-0.05, 0) is 44.8 Å². The van der Waals surface area contributed by atoms with Crippen LogP contribution in [-0.4, -0.2) is 19.6 Å². The molecule has 0 heterocycles. The molecule has 0 aromatic carbocycles. The van der Waals surface area contributed by atoms with Gasteiger partial charge in [0.15, 0.2) is 0 Å². The lowest BCUT2D eigenvalue weighted by Crippen LogP contribution is -2.32. The van der Waals surface area contributed by atoms with Gasteiger partial charge in [-0.3, -0.25) is 0 Å². The summed E-state index contributed by atoms with van der Waals surface area (Å²) in [6.45, 7) is 5.83. The normalized spacial score (nSPS) is 12.0. The van der Waals surface area contributed by atoms with Crippen molar-refractivity contribution in [2.24, 2.45) is 22.6 Å². The van der Waals surface area contributed by atoms with Crippen LogP contribution in [-0.2, 0) is 0 Å². The Hall–Kier alpha value is -0.120. The van der Waals surface area contributed by atoms with Crippen LogP contribution in [0.2, 0.25) is 0 Å². The van der Waals surface area contributed by atoms with Gasteiger partial charge >= 0.3 is 0 Å². The van der Waals surface area contributed by atoms with Crippen LogP contribution in [0.25, 0.3) is 0 Å². The van der Waals surface area contributed by atoms with Crippen molar-refractivity contribution in [3.63, 3.8) is 0 Å². The SMILES string of the molecule is [CH2]C(CN)(CCN)CCN. The summed E-state index contributed by atoms with van der Waals surface area (Å²) in [6, 6.07) is 0. The molecule has 61 valence electrons. The van der Waals surface area contributed by atoms with Crippen LogP contribution in [0.5, 0.6) is 0 Å². The first kappa shape index (κ1) is 9.88. The molecule has 1 radical (unpaired) electrons. The first-order chi connectivity index (χ1) is 4.68. The van der Waals surface area contributed by atoms with Crippen molar-refractivity contribution >= 4 is 0 Å². The van der Waals surface area contributed by atoms with Crippen LogP contribution in [0.4, 0.5) is 0 Å². The topological polar surface area (TPSA) is 78.1 Å². The van der Waals surface area contributed by atoms with Crippen molar-refractivity contribution in [3.8, 4) is 0 Å². The second kappa shape index (κ2) is 4.66. The standard InChI is InChI=1S/C7H18N3/c1-7(6-10,2-4-8)3-5-9/h1-6,8-10H2. The molecule has 0 saturated carbocycles. The molecule has 0 aliphatic rings. The Morgan fingerprint density at radius 2 is 1.40 bits per heavy atom. The lowest BCUT2D eigenvalue weighted by atomic mass is 9.83. The van der Waals surface area contributed by atoms with E-state index in [2.05, 4.69) is 6.92 Å². The average molecular weight is 144 g/mol. The third-order valence-corrected chi connectivity index (χ3v) is 1.78. The maximum Gasteiger partial charge on any atom is -0.00196 e. The molecule has 0 aromatic heterocycles. The minimum absolute atomic E-state index is 0.0799. The van der Waals surface area contributed by atoms with E-state index in [1.807, 2.05) is 0 Å². The average Bonchev–Trinajstić information content (AvgIpc) is 1.89. The highest BCUT2D eigenvalue weighted by molar-refractivity contribution is 4.83. The predicted molar refractivity (Wildman–Crippen MR) is 44.2 cm³/mol. The minimum Gasteiger partial charge on any atom is -0.330 e. The van der Waals surface area contributed by atoms with Crippen molar-refractivity contribution in [2.45, 2.75) is 12.8 Å². The first-order valence-electron chi connectivity index (χ1n) is 3.64. The summed E-state index contributed by atoms with van der Waals surface area (Å²) >= 11 is 0. The van der Waals surface area contributed by atoms with Crippen LogP contribution in [0, 0.1) is 12.3 Å². The molecule has 3 nitrogen and oxygen atoms in total. The Kier molecular flexibility index (Phi) is 4.60. The summed E-state index contributed by atoms with van der Waals surface area (Å²) in [5.74, 6) is 0. The third kappa shape index (κ3) is 3.15. The van der Waals surface area contributed by atoms with E-state index in [1.165, 1.54) is 0 Å². The van der Waals surface area contributed by atoms with E-state index in [9.17, 15) is 0 Å². The summed E-state index contributed by atoms with van der Waals surface area (Å²) in [6.07, 6.45) is 1.72. The highest BCUT2D eigenvalue weighted by Gasteiger charge is 2.19. The molecule has 0 unspecified atom stereocenters. The number of rotatable bonds is 5. The van der Waals surface area contributed by atoms with Crippen molar-refractivity contribution in [3.05, 3.63) is 6.92 Å². The summed E-state index contributed by atoms with van der Waals surface area (Å²) < 4.78 is 0. The summed E-state index contributed by atoms with van der Waals surface area (Å²) in [7, 11) is 0. The van der Waals surface area contributed by atoms with Gasteiger partial charge in [0.1, 0.15) is 0 Å². The Morgan fingerprint density at radius 1 is 1.00 bits per heavy atom. The van der Waals surface area contributed by atoms with Crippen molar-refractivity contribution in [1.29, 1.82) is 0 Å². The molecule has 0 atom stereocenters. The van der Waals surface area contributed by atoms with E-state index in [0.29, 0.717) is 19.6 Å². The Bertz CT molecular complexity index is 76.9. The number of hydrogen-bond donors (Lipinski definition) is 3. The maximum atomic E-state index is 5.51. The van der Waals surface area contributed by atoms with E-state index in [4.69, 9.17) is 17.2 Å². The molecule has 0 spiro atoms. The molecule has 0 rings (SSSR count). The van der Waals surface area contributed by atoms with Gasteiger partial charge in [-0.1, -0.05) is 0 Å². The van der Waals surface area contributed by atoms with Crippen LogP contribution in [0.15, 0.2) is 0 Å². The second-order valence-corrected chi connectivity index (χ2v) is 2.78. The first-order valence-corrected chi connectivity index (χ1v) is 3.64. The van der Waals surface area contributed by atoms with Gasteiger partial charge in [-0.25, -0.2) is 0 Å². The maximum absolute atomic E-state index is 5.51. The predicted octanol–water partition coefficient (Wildman–Crippen LogP) is -0.537. The highest BCUT2D eigenvalue weighted by Crippen LogP contribution is 2.21. The fraction of sp³-hybridized carbons (Fsp3) is 0.857. The van der Waals surface area contributed by atoms with Gasteiger partial charge < -0.3 is 17.2 Å². The zero-order valence-electron chi connectivity index (χ0n) is 6.47. The molecule has 0 fully saturated rings. The van der Waals surface area contributed by atoms with E-state index in [-0.39, 0.29) is 5.41 Å². The molecule has 0 aromatic rings. The van der Waals surface area contributed by atoms with Gasteiger partial charge in [0.05, 0.1) is 0 Å². The highest BCUT2D eigenvalue weighted by atomic mass is 14.6. The van der Waals surface area contributed by atoms with Gasteiger partial charge in [0, 0.05) is 0 Å². The molecular formula is C7H18N3. The van der Waals surface area contributed by atoms with E-state index >= 15 is 0 Å². The molecule has 10 heavy (non-hydrogen) atoms. The Morgan fingerprint density at radius 3 is 1.60 bits per heavy atom. The third-order valence-electron chi connectivity index (χ3n) is 1.78. The largest absolute Gasteiger partial charge is 0.330 e. The lowest BCUT2D eigenvalue weighted by Gasteiger charge is -2.26. The molecule has 3 heteroatoms. The Balaban J connectivity index is 3.69. The van der Waals surface area contributed by atoms with Crippen LogP contribution in [0.1, 0.15) is 12.8 Å². The monoisotopic (exact) mass is 144 g/mol.